The molecule has 0 fully saturated rings. The molecule has 8 heteroatoms. The molecular weight excluding hydrogens is 360 g/mol. The van der Waals surface area contributed by atoms with E-state index in [9.17, 15) is 9.59 Å². The summed E-state index contributed by atoms with van der Waals surface area (Å²) in [5.74, 6) is 0.799. The predicted octanol–water partition coefficient (Wildman–Crippen LogP) is 2.75. The number of ether oxygens (including phenoxy) is 1. The van der Waals surface area contributed by atoms with Crippen LogP contribution in [0.2, 0.25) is 0 Å². The molecule has 0 N–H and O–H groups in total. The van der Waals surface area contributed by atoms with Crippen LogP contribution in [0, 0.1) is 6.92 Å². The third kappa shape index (κ3) is 4.62. The Morgan fingerprint density at radius 3 is 2.75 bits per heavy atom. The van der Waals surface area contributed by atoms with Crippen LogP contribution in [0.3, 0.4) is 0 Å². The molecule has 8 nitrogen and oxygen atoms in total. The van der Waals surface area contributed by atoms with Gasteiger partial charge in [-0.3, -0.25) is 14.0 Å². The molecular formula is C20H24N4O4. The predicted molar refractivity (Wildman–Crippen MR) is 102 cm³/mol. The Morgan fingerprint density at radius 2 is 2.04 bits per heavy atom. The summed E-state index contributed by atoms with van der Waals surface area (Å²) in [6, 6.07) is 6.80. The van der Waals surface area contributed by atoms with Crippen molar-refractivity contribution in [3.63, 3.8) is 0 Å². The van der Waals surface area contributed by atoms with Crippen molar-refractivity contribution in [1.82, 2.24) is 19.5 Å². The Kier molecular flexibility index (Phi) is 5.58. The molecule has 0 radical (unpaired) electrons. The van der Waals surface area contributed by atoms with Gasteiger partial charge in [0.2, 0.25) is 5.89 Å². The second-order valence-corrected chi connectivity index (χ2v) is 7.72. The van der Waals surface area contributed by atoms with Crippen LogP contribution in [0.5, 0.6) is 0 Å². The number of aromatic nitrogens is 4. The number of esters is 1. The lowest BCUT2D eigenvalue weighted by molar-refractivity contribution is -0.145. The molecule has 3 aromatic heterocycles. The van der Waals surface area contributed by atoms with Gasteiger partial charge in [-0.15, -0.1) is 0 Å². The number of hydrogen-bond acceptors (Lipinski definition) is 7. The zero-order valence-electron chi connectivity index (χ0n) is 16.6. The molecule has 0 unspecified atom stereocenters. The van der Waals surface area contributed by atoms with Gasteiger partial charge in [-0.2, -0.15) is 4.98 Å². The summed E-state index contributed by atoms with van der Waals surface area (Å²) in [5.41, 5.74) is 1.39. The zero-order valence-corrected chi connectivity index (χ0v) is 16.6. The number of rotatable bonds is 6. The van der Waals surface area contributed by atoms with Crippen molar-refractivity contribution < 1.29 is 14.1 Å². The number of carbonyl (C=O) groups excluding carboxylic acids is 1. The highest BCUT2D eigenvalue weighted by molar-refractivity contribution is 5.69. The van der Waals surface area contributed by atoms with E-state index in [4.69, 9.17) is 9.26 Å². The third-order valence-electron chi connectivity index (χ3n) is 4.22. The van der Waals surface area contributed by atoms with Crippen molar-refractivity contribution in [2.24, 2.45) is 0 Å². The average Bonchev–Trinajstić information content (AvgIpc) is 3.09. The van der Waals surface area contributed by atoms with E-state index in [2.05, 4.69) is 15.1 Å². The van der Waals surface area contributed by atoms with Crippen molar-refractivity contribution in [2.45, 2.75) is 59.0 Å². The Balaban J connectivity index is 1.51. The van der Waals surface area contributed by atoms with Crippen LogP contribution in [0.25, 0.3) is 5.65 Å². The minimum atomic E-state index is -0.359. The Hall–Kier alpha value is -3.03. The smallest absolute Gasteiger partial charge is 0.306 e. The fourth-order valence-electron chi connectivity index (χ4n) is 2.71. The maximum atomic E-state index is 12.2. The van der Waals surface area contributed by atoms with Crippen molar-refractivity contribution in [3.05, 3.63) is 57.7 Å². The van der Waals surface area contributed by atoms with Gasteiger partial charge in [0.05, 0.1) is 5.69 Å². The van der Waals surface area contributed by atoms with Crippen molar-refractivity contribution in [3.8, 4) is 0 Å². The summed E-state index contributed by atoms with van der Waals surface area (Å²) in [4.78, 5) is 32.9. The van der Waals surface area contributed by atoms with Gasteiger partial charge < -0.3 is 9.26 Å². The number of carbonyl (C=O) groups is 1. The van der Waals surface area contributed by atoms with E-state index in [0.717, 1.165) is 5.69 Å². The van der Waals surface area contributed by atoms with Crippen LogP contribution in [0.1, 0.15) is 56.7 Å². The number of hydrogen-bond donors (Lipinski definition) is 0. The number of aryl methyl sites for hydroxylation is 2. The highest BCUT2D eigenvalue weighted by atomic mass is 16.5. The number of pyridine rings is 1. The Bertz CT molecular complexity index is 1050. The number of nitrogens with zero attached hydrogens (tertiary/aromatic N) is 4. The van der Waals surface area contributed by atoms with Gasteiger partial charge in [0.15, 0.2) is 5.82 Å². The Morgan fingerprint density at radius 1 is 1.25 bits per heavy atom. The molecule has 0 aromatic carbocycles. The lowest BCUT2D eigenvalue weighted by Crippen LogP contribution is -2.18. The van der Waals surface area contributed by atoms with Gasteiger partial charge in [-0.25, -0.2) is 4.98 Å². The van der Waals surface area contributed by atoms with Gasteiger partial charge in [-0.05, 0) is 25.5 Å². The summed E-state index contributed by atoms with van der Waals surface area (Å²) in [7, 11) is 0. The molecule has 0 amide bonds. The van der Waals surface area contributed by atoms with Crippen molar-refractivity contribution in [1.29, 1.82) is 0 Å². The van der Waals surface area contributed by atoms with E-state index in [0.29, 0.717) is 35.9 Å². The summed E-state index contributed by atoms with van der Waals surface area (Å²) in [6.45, 7) is 7.82. The summed E-state index contributed by atoms with van der Waals surface area (Å²) >= 11 is 0. The first-order valence-electron chi connectivity index (χ1n) is 9.21. The highest BCUT2D eigenvalue weighted by Gasteiger charge is 2.20. The second kappa shape index (κ2) is 7.92. The molecule has 3 aromatic rings. The number of fused-ring (bicyclic) bond motifs is 1. The van der Waals surface area contributed by atoms with Gasteiger partial charge in [0, 0.05) is 30.0 Å². The lowest BCUT2D eigenvalue weighted by Gasteiger charge is -2.10. The first-order valence-corrected chi connectivity index (χ1v) is 9.21. The zero-order chi connectivity index (χ0) is 20.3. The van der Waals surface area contributed by atoms with Crippen LogP contribution >= 0.6 is 0 Å². The van der Waals surface area contributed by atoms with Crippen LogP contribution in [-0.4, -0.2) is 25.5 Å². The van der Waals surface area contributed by atoms with E-state index in [1.54, 1.807) is 6.07 Å². The van der Waals surface area contributed by atoms with Crippen LogP contribution in [-0.2, 0) is 28.0 Å². The molecule has 0 aliphatic heterocycles. The molecule has 0 spiro atoms. The summed E-state index contributed by atoms with van der Waals surface area (Å²) in [6.07, 6.45) is 1.27. The summed E-state index contributed by atoms with van der Waals surface area (Å²) in [5, 5.41) is 3.96. The molecule has 3 rings (SSSR count). The first-order chi connectivity index (χ1) is 13.2. The quantitative estimate of drug-likeness (QED) is 0.602. The fourth-order valence-corrected chi connectivity index (χ4v) is 2.71. The lowest BCUT2D eigenvalue weighted by atomic mass is 9.96. The second-order valence-electron chi connectivity index (χ2n) is 7.72. The Labute approximate surface area is 162 Å². The topological polar surface area (TPSA) is 99.6 Å². The largest absolute Gasteiger partial charge is 0.459 e. The average molecular weight is 384 g/mol. The SMILES string of the molecule is Cc1cccc2nc(COC(=O)CCCc3nc(C(C)(C)C)no3)cc(=O)n12. The molecule has 0 saturated carbocycles. The van der Waals surface area contributed by atoms with E-state index in [1.165, 1.54) is 10.5 Å². The normalized spacial score (nSPS) is 11.7. The van der Waals surface area contributed by atoms with Gasteiger partial charge in [0.1, 0.15) is 12.3 Å². The first kappa shape index (κ1) is 19.7. The molecule has 0 bridgehead atoms. The van der Waals surface area contributed by atoms with Crippen LogP contribution < -0.4 is 5.56 Å². The monoisotopic (exact) mass is 384 g/mol. The fraction of sp³-hybridized carbons (Fsp3) is 0.450. The maximum Gasteiger partial charge on any atom is 0.306 e. The molecule has 0 aliphatic carbocycles. The molecule has 0 saturated heterocycles. The molecule has 0 atom stereocenters. The minimum Gasteiger partial charge on any atom is -0.459 e. The van der Waals surface area contributed by atoms with Gasteiger partial charge in [-0.1, -0.05) is 32.0 Å². The highest BCUT2D eigenvalue weighted by Crippen LogP contribution is 2.19. The standard InChI is InChI=1S/C20H24N4O4/c1-13-7-5-8-15-21-14(11-17(25)24(13)15)12-27-18(26)10-6-9-16-22-19(23-28-16)20(2,3)4/h5,7-8,11H,6,9-10,12H2,1-4H3. The van der Waals surface area contributed by atoms with Gasteiger partial charge in [0.25, 0.3) is 5.56 Å². The molecule has 0 aliphatic rings. The van der Waals surface area contributed by atoms with E-state index in [-0.39, 0.29) is 30.0 Å². The van der Waals surface area contributed by atoms with Crippen LogP contribution in [0.4, 0.5) is 0 Å². The maximum absolute atomic E-state index is 12.2. The van der Waals surface area contributed by atoms with Crippen molar-refractivity contribution in [2.75, 3.05) is 0 Å². The van der Waals surface area contributed by atoms with E-state index >= 15 is 0 Å². The van der Waals surface area contributed by atoms with E-state index < -0.39 is 0 Å². The van der Waals surface area contributed by atoms with Crippen molar-refractivity contribution >= 4 is 11.6 Å². The van der Waals surface area contributed by atoms with Gasteiger partial charge >= 0.3 is 5.97 Å². The summed E-state index contributed by atoms with van der Waals surface area (Å²) < 4.78 is 12.0. The minimum absolute atomic E-state index is 0.0345. The van der Waals surface area contributed by atoms with E-state index in [1.807, 2.05) is 39.8 Å². The molecule has 148 valence electrons. The molecule has 28 heavy (non-hydrogen) atoms. The third-order valence-corrected chi connectivity index (χ3v) is 4.22. The van der Waals surface area contributed by atoms with Crippen LogP contribution in [0.15, 0.2) is 33.6 Å². The molecule has 3 heterocycles.